The standard InChI is InChI=1S/C18H22O3/c1-4-11-7-12(5-2)17(18(21)16(11)6-3)13-8-14(19)10-15(20)9-13/h7-10,19-21H,4-6H2,1-3H3. The molecule has 2 aromatic carbocycles. The van der Waals surface area contributed by atoms with Gasteiger partial charge in [0, 0.05) is 11.6 Å². The predicted octanol–water partition coefficient (Wildman–Crippen LogP) is 4.16. The van der Waals surface area contributed by atoms with E-state index in [1.165, 1.54) is 6.07 Å². The van der Waals surface area contributed by atoms with Crippen molar-refractivity contribution in [3.8, 4) is 28.4 Å². The molecule has 0 aromatic heterocycles. The molecule has 0 aliphatic heterocycles. The molecular weight excluding hydrogens is 264 g/mol. The third-order valence-electron chi connectivity index (χ3n) is 3.89. The third-order valence-corrected chi connectivity index (χ3v) is 3.89. The van der Waals surface area contributed by atoms with Crippen LogP contribution in [0.1, 0.15) is 37.5 Å². The third kappa shape index (κ3) is 2.82. The lowest BCUT2D eigenvalue weighted by atomic mass is 9.89. The van der Waals surface area contributed by atoms with Crippen molar-refractivity contribution in [1.82, 2.24) is 0 Å². The fourth-order valence-corrected chi connectivity index (χ4v) is 2.88. The highest BCUT2D eigenvalue weighted by molar-refractivity contribution is 5.78. The minimum Gasteiger partial charge on any atom is -0.508 e. The van der Waals surface area contributed by atoms with E-state index in [4.69, 9.17) is 0 Å². The Kier molecular flexibility index (Phi) is 4.41. The molecule has 0 saturated carbocycles. The van der Waals surface area contributed by atoms with Gasteiger partial charge < -0.3 is 15.3 Å². The monoisotopic (exact) mass is 286 g/mol. The van der Waals surface area contributed by atoms with Crippen molar-refractivity contribution in [2.24, 2.45) is 0 Å². The van der Waals surface area contributed by atoms with E-state index in [0.29, 0.717) is 11.1 Å². The van der Waals surface area contributed by atoms with Crippen LogP contribution >= 0.6 is 0 Å². The van der Waals surface area contributed by atoms with Crippen LogP contribution in [0.4, 0.5) is 0 Å². The lowest BCUT2D eigenvalue weighted by molar-refractivity contribution is 0.450. The number of aryl methyl sites for hydroxylation is 2. The van der Waals surface area contributed by atoms with Crippen LogP contribution in [0.25, 0.3) is 11.1 Å². The van der Waals surface area contributed by atoms with E-state index in [1.807, 2.05) is 13.8 Å². The normalized spacial score (nSPS) is 10.8. The smallest absolute Gasteiger partial charge is 0.127 e. The van der Waals surface area contributed by atoms with E-state index in [-0.39, 0.29) is 17.2 Å². The molecule has 0 unspecified atom stereocenters. The van der Waals surface area contributed by atoms with Gasteiger partial charge in [-0.15, -0.1) is 0 Å². The lowest BCUT2D eigenvalue weighted by Gasteiger charge is -2.18. The molecule has 0 radical (unpaired) electrons. The first-order chi connectivity index (χ1) is 10.0. The quantitative estimate of drug-likeness (QED) is 0.791. The Morgan fingerprint density at radius 2 is 1.29 bits per heavy atom. The summed E-state index contributed by atoms with van der Waals surface area (Å²) in [5.74, 6) is 0.242. The van der Waals surface area contributed by atoms with Gasteiger partial charge in [0.2, 0.25) is 0 Å². The Bertz CT molecular complexity index is 640. The van der Waals surface area contributed by atoms with E-state index in [1.54, 1.807) is 12.1 Å². The van der Waals surface area contributed by atoms with Gasteiger partial charge in [0.05, 0.1) is 0 Å². The zero-order valence-corrected chi connectivity index (χ0v) is 12.8. The molecule has 0 amide bonds. The van der Waals surface area contributed by atoms with Gasteiger partial charge in [0.25, 0.3) is 0 Å². The van der Waals surface area contributed by atoms with Gasteiger partial charge in [-0.1, -0.05) is 26.8 Å². The molecule has 2 rings (SSSR count). The molecule has 21 heavy (non-hydrogen) atoms. The Labute approximate surface area is 125 Å². The Morgan fingerprint density at radius 1 is 0.714 bits per heavy atom. The van der Waals surface area contributed by atoms with Crippen LogP contribution in [0.2, 0.25) is 0 Å². The molecule has 3 heteroatoms. The van der Waals surface area contributed by atoms with Crippen molar-refractivity contribution in [3.05, 3.63) is 41.0 Å². The van der Waals surface area contributed by atoms with Crippen LogP contribution in [0, 0.1) is 0 Å². The lowest BCUT2D eigenvalue weighted by Crippen LogP contribution is -1.99. The number of rotatable bonds is 4. The van der Waals surface area contributed by atoms with Crippen LogP contribution in [-0.4, -0.2) is 15.3 Å². The summed E-state index contributed by atoms with van der Waals surface area (Å²) < 4.78 is 0. The first-order valence-electron chi connectivity index (χ1n) is 7.41. The van der Waals surface area contributed by atoms with E-state index >= 15 is 0 Å². The van der Waals surface area contributed by atoms with E-state index in [0.717, 1.165) is 36.0 Å². The predicted molar refractivity (Wildman–Crippen MR) is 85.0 cm³/mol. The number of phenolic OH excluding ortho intramolecular Hbond substituents is 3. The summed E-state index contributed by atoms with van der Waals surface area (Å²) in [6.45, 7) is 6.13. The van der Waals surface area contributed by atoms with Crippen molar-refractivity contribution < 1.29 is 15.3 Å². The fraction of sp³-hybridized carbons (Fsp3) is 0.333. The summed E-state index contributed by atoms with van der Waals surface area (Å²) in [6, 6.07) is 6.54. The fourth-order valence-electron chi connectivity index (χ4n) is 2.88. The number of benzene rings is 2. The van der Waals surface area contributed by atoms with Crippen LogP contribution < -0.4 is 0 Å². The second-order valence-electron chi connectivity index (χ2n) is 5.20. The molecule has 0 atom stereocenters. The summed E-state index contributed by atoms with van der Waals surface area (Å²) in [4.78, 5) is 0. The van der Waals surface area contributed by atoms with Crippen molar-refractivity contribution in [2.75, 3.05) is 0 Å². The van der Waals surface area contributed by atoms with Crippen LogP contribution in [0.5, 0.6) is 17.2 Å². The maximum absolute atomic E-state index is 10.7. The molecule has 0 saturated heterocycles. The maximum atomic E-state index is 10.7. The molecule has 3 nitrogen and oxygen atoms in total. The topological polar surface area (TPSA) is 60.7 Å². The molecule has 112 valence electrons. The van der Waals surface area contributed by atoms with Gasteiger partial charge in [0.1, 0.15) is 17.2 Å². The van der Waals surface area contributed by atoms with E-state index in [9.17, 15) is 15.3 Å². The second-order valence-corrected chi connectivity index (χ2v) is 5.20. The minimum atomic E-state index is -0.0101. The zero-order chi connectivity index (χ0) is 15.6. The van der Waals surface area contributed by atoms with E-state index in [2.05, 4.69) is 13.0 Å². The van der Waals surface area contributed by atoms with Crippen LogP contribution in [-0.2, 0) is 19.3 Å². The summed E-state index contributed by atoms with van der Waals surface area (Å²) >= 11 is 0. The molecular formula is C18H22O3. The van der Waals surface area contributed by atoms with Crippen molar-refractivity contribution >= 4 is 0 Å². The van der Waals surface area contributed by atoms with Crippen LogP contribution in [0.3, 0.4) is 0 Å². The summed E-state index contributed by atoms with van der Waals surface area (Å²) in [7, 11) is 0. The van der Waals surface area contributed by atoms with Gasteiger partial charge in [-0.3, -0.25) is 0 Å². The molecule has 3 N–H and O–H groups in total. The van der Waals surface area contributed by atoms with Gasteiger partial charge in [0.15, 0.2) is 0 Å². The first kappa shape index (κ1) is 15.2. The van der Waals surface area contributed by atoms with Gasteiger partial charge in [-0.2, -0.15) is 0 Å². The highest BCUT2D eigenvalue weighted by Crippen LogP contribution is 2.40. The highest BCUT2D eigenvalue weighted by atomic mass is 16.3. The number of hydrogen-bond acceptors (Lipinski definition) is 3. The van der Waals surface area contributed by atoms with E-state index < -0.39 is 0 Å². The van der Waals surface area contributed by atoms with Crippen molar-refractivity contribution in [1.29, 1.82) is 0 Å². The molecule has 0 bridgehead atoms. The summed E-state index contributed by atoms with van der Waals surface area (Å²) in [5, 5.41) is 30.1. The molecule has 0 spiro atoms. The number of hydrogen-bond donors (Lipinski definition) is 3. The second kappa shape index (κ2) is 6.08. The molecule has 0 fully saturated rings. The number of phenols is 3. The SMILES string of the molecule is CCc1cc(CC)c(-c2cc(O)cc(O)c2)c(O)c1CC. The van der Waals surface area contributed by atoms with Gasteiger partial charge >= 0.3 is 0 Å². The largest absolute Gasteiger partial charge is 0.508 e. The van der Waals surface area contributed by atoms with Crippen LogP contribution in [0.15, 0.2) is 24.3 Å². The average Bonchev–Trinajstić information content (AvgIpc) is 2.44. The Balaban J connectivity index is 2.77. The molecule has 2 aromatic rings. The highest BCUT2D eigenvalue weighted by Gasteiger charge is 2.17. The zero-order valence-electron chi connectivity index (χ0n) is 12.8. The van der Waals surface area contributed by atoms with Crippen molar-refractivity contribution in [3.63, 3.8) is 0 Å². The number of aromatic hydroxyl groups is 3. The maximum Gasteiger partial charge on any atom is 0.127 e. The molecule has 0 aliphatic rings. The summed E-state index contributed by atoms with van der Waals surface area (Å²) in [6.07, 6.45) is 2.39. The average molecular weight is 286 g/mol. The first-order valence-corrected chi connectivity index (χ1v) is 7.41. The van der Waals surface area contributed by atoms with Gasteiger partial charge in [-0.05, 0) is 53.6 Å². The summed E-state index contributed by atoms with van der Waals surface area (Å²) in [5.41, 5.74) is 4.45. The molecule has 0 heterocycles. The Morgan fingerprint density at radius 3 is 1.76 bits per heavy atom. The van der Waals surface area contributed by atoms with Crippen molar-refractivity contribution in [2.45, 2.75) is 40.0 Å². The Hall–Kier alpha value is -2.16. The molecule has 0 aliphatic carbocycles. The van der Waals surface area contributed by atoms with Gasteiger partial charge in [-0.25, -0.2) is 0 Å². The minimum absolute atomic E-state index is 0.0101.